The second-order valence-electron chi connectivity index (χ2n) is 4.94. The van der Waals surface area contributed by atoms with E-state index < -0.39 is 29.1 Å². The highest BCUT2D eigenvalue weighted by Crippen LogP contribution is 2.25. The molecule has 0 radical (unpaired) electrons. The summed E-state index contributed by atoms with van der Waals surface area (Å²) in [6, 6.07) is 11.4. The van der Waals surface area contributed by atoms with Crippen molar-refractivity contribution in [1.82, 2.24) is 4.98 Å². The Morgan fingerprint density at radius 2 is 1.92 bits per heavy atom. The Hall–Kier alpha value is -3.49. The van der Waals surface area contributed by atoms with Crippen LogP contribution in [0.3, 0.4) is 0 Å². The van der Waals surface area contributed by atoms with Gasteiger partial charge < -0.3 is 9.84 Å². The molecule has 1 heterocycles. The van der Waals surface area contributed by atoms with Gasteiger partial charge in [0.15, 0.2) is 0 Å². The van der Waals surface area contributed by atoms with Crippen LogP contribution in [-0.2, 0) is 16.1 Å². The molecule has 2 rings (SSSR count). The van der Waals surface area contributed by atoms with Crippen LogP contribution in [0.5, 0.6) is 0 Å². The number of anilines is 1. The number of benzene rings is 1. The first kappa shape index (κ1) is 17.9. The quantitative estimate of drug-likeness (QED) is 0.604. The first-order valence-electron chi connectivity index (χ1n) is 7.28. The van der Waals surface area contributed by atoms with Crippen LogP contribution in [0.4, 0.5) is 16.3 Å². The zero-order chi connectivity index (χ0) is 18.2. The van der Waals surface area contributed by atoms with Crippen LogP contribution in [0.2, 0.25) is 0 Å². The van der Waals surface area contributed by atoms with Gasteiger partial charge in [-0.15, -0.1) is 0 Å². The van der Waals surface area contributed by atoms with Crippen molar-refractivity contribution < 1.29 is 24.4 Å². The lowest BCUT2D eigenvalue weighted by Gasteiger charge is -2.20. The Morgan fingerprint density at radius 1 is 1.20 bits per heavy atom. The van der Waals surface area contributed by atoms with E-state index in [1.165, 1.54) is 18.3 Å². The average molecular weight is 345 g/mol. The summed E-state index contributed by atoms with van der Waals surface area (Å²) < 4.78 is 5.14. The molecular formula is C16H15N3O6. The van der Waals surface area contributed by atoms with Crippen LogP contribution in [0, 0.1) is 10.1 Å². The van der Waals surface area contributed by atoms with Gasteiger partial charge in [0, 0.05) is 18.8 Å². The smallest absolute Gasteiger partial charge is 0.416 e. The third kappa shape index (κ3) is 4.99. The van der Waals surface area contributed by atoms with Crippen molar-refractivity contribution >= 4 is 23.6 Å². The molecule has 1 N–H and O–H groups in total. The van der Waals surface area contributed by atoms with Gasteiger partial charge in [0.25, 0.3) is 0 Å². The summed E-state index contributed by atoms with van der Waals surface area (Å²) in [5.41, 5.74) is 0.314. The Balaban J connectivity index is 2.21. The first-order chi connectivity index (χ1) is 12.0. The fourth-order valence-corrected chi connectivity index (χ4v) is 2.03. The highest BCUT2D eigenvalue weighted by molar-refractivity contribution is 5.89. The van der Waals surface area contributed by atoms with Gasteiger partial charge in [0.2, 0.25) is 5.82 Å². The number of carbonyl (C=O) groups excluding carboxylic acids is 1. The zero-order valence-corrected chi connectivity index (χ0v) is 13.1. The molecular weight excluding hydrogens is 330 g/mol. The molecule has 0 spiro atoms. The van der Waals surface area contributed by atoms with E-state index in [9.17, 15) is 19.7 Å². The minimum absolute atomic E-state index is 0.0517. The predicted molar refractivity (Wildman–Crippen MR) is 87.1 cm³/mol. The number of carbonyl (C=O) groups is 2. The summed E-state index contributed by atoms with van der Waals surface area (Å²) in [5.74, 6) is -1.41. The normalized spacial score (nSPS) is 10.1. The molecule has 9 nitrogen and oxygen atoms in total. The molecule has 0 saturated carbocycles. The van der Waals surface area contributed by atoms with E-state index in [1.807, 2.05) is 6.07 Å². The van der Waals surface area contributed by atoms with Gasteiger partial charge in [-0.25, -0.2) is 9.78 Å². The number of pyridine rings is 1. The SMILES string of the molecule is O=C(O)CCN(C(=O)OCc1ccccc1)c1ncccc1[N+](=O)[O-]. The number of ether oxygens (including phenoxy) is 1. The molecule has 25 heavy (non-hydrogen) atoms. The van der Waals surface area contributed by atoms with Crippen molar-refractivity contribution in [3.05, 3.63) is 64.3 Å². The van der Waals surface area contributed by atoms with Crippen molar-refractivity contribution in [3.63, 3.8) is 0 Å². The van der Waals surface area contributed by atoms with Crippen molar-refractivity contribution in [2.24, 2.45) is 0 Å². The number of aromatic nitrogens is 1. The maximum absolute atomic E-state index is 12.4. The number of rotatable bonds is 7. The molecule has 0 aliphatic carbocycles. The number of hydrogen-bond donors (Lipinski definition) is 1. The van der Waals surface area contributed by atoms with E-state index in [2.05, 4.69) is 4.98 Å². The van der Waals surface area contributed by atoms with Crippen molar-refractivity contribution in [3.8, 4) is 0 Å². The van der Waals surface area contributed by atoms with Crippen LogP contribution in [0.25, 0.3) is 0 Å². The first-order valence-corrected chi connectivity index (χ1v) is 7.28. The van der Waals surface area contributed by atoms with Crippen LogP contribution in [0.15, 0.2) is 48.7 Å². The molecule has 130 valence electrons. The summed E-state index contributed by atoms with van der Waals surface area (Å²) in [6.07, 6.45) is -0.0405. The van der Waals surface area contributed by atoms with Crippen molar-refractivity contribution in [2.45, 2.75) is 13.0 Å². The molecule has 1 amide bonds. The number of carboxylic acids is 1. The number of amides is 1. The van der Waals surface area contributed by atoms with Crippen LogP contribution in [0.1, 0.15) is 12.0 Å². The van der Waals surface area contributed by atoms with Crippen LogP contribution < -0.4 is 4.90 Å². The highest BCUT2D eigenvalue weighted by atomic mass is 16.6. The summed E-state index contributed by atoms with van der Waals surface area (Å²) in [4.78, 5) is 38.3. The van der Waals surface area contributed by atoms with Gasteiger partial charge in [-0.05, 0) is 11.6 Å². The summed E-state index contributed by atoms with van der Waals surface area (Å²) >= 11 is 0. The largest absolute Gasteiger partial charge is 0.481 e. The van der Waals surface area contributed by atoms with Gasteiger partial charge in [0.05, 0.1) is 11.3 Å². The second kappa shape index (κ2) is 8.39. The summed E-state index contributed by atoms with van der Waals surface area (Å²) in [7, 11) is 0. The third-order valence-electron chi connectivity index (χ3n) is 3.19. The minimum atomic E-state index is -1.15. The third-order valence-corrected chi connectivity index (χ3v) is 3.19. The number of nitrogens with zero attached hydrogens (tertiary/aromatic N) is 3. The van der Waals surface area contributed by atoms with E-state index in [0.29, 0.717) is 0 Å². The lowest BCUT2D eigenvalue weighted by Crippen LogP contribution is -2.34. The van der Waals surface area contributed by atoms with Gasteiger partial charge in [-0.3, -0.25) is 19.8 Å². The summed E-state index contributed by atoms with van der Waals surface area (Å²) in [6.45, 7) is -0.356. The lowest BCUT2D eigenvalue weighted by atomic mass is 10.2. The predicted octanol–water partition coefficient (Wildman–Crippen LogP) is 2.61. The molecule has 9 heteroatoms. The molecule has 0 saturated heterocycles. The molecule has 0 atom stereocenters. The van der Waals surface area contributed by atoms with Gasteiger partial charge >= 0.3 is 17.7 Å². The molecule has 1 aromatic carbocycles. The van der Waals surface area contributed by atoms with E-state index in [-0.39, 0.29) is 19.0 Å². The van der Waals surface area contributed by atoms with E-state index in [1.54, 1.807) is 24.3 Å². The lowest BCUT2D eigenvalue weighted by molar-refractivity contribution is -0.384. The van der Waals surface area contributed by atoms with Crippen molar-refractivity contribution in [2.75, 3.05) is 11.4 Å². The summed E-state index contributed by atoms with van der Waals surface area (Å²) in [5, 5.41) is 20.0. The molecule has 2 aromatic rings. The molecule has 0 fully saturated rings. The van der Waals surface area contributed by atoms with Crippen LogP contribution in [-0.4, -0.2) is 33.6 Å². The second-order valence-corrected chi connectivity index (χ2v) is 4.94. The number of hydrogen-bond acceptors (Lipinski definition) is 6. The van der Waals surface area contributed by atoms with Gasteiger partial charge in [-0.1, -0.05) is 30.3 Å². The van der Waals surface area contributed by atoms with Gasteiger partial charge in [-0.2, -0.15) is 0 Å². The van der Waals surface area contributed by atoms with Crippen molar-refractivity contribution in [1.29, 1.82) is 0 Å². The topological polar surface area (TPSA) is 123 Å². The number of carboxylic acid groups (broad SMARTS) is 1. The number of aliphatic carboxylic acids is 1. The Labute approximate surface area is 142 Å². The minimum Gasteiger partial charge on any atom is -0.481 e. The fourth-order valence-electron chi connectivity index (χ4n) is 2.03. The standard InChI is InChI=1S/C16H15N3O6/c20-14(21)8-10-18(15-13(19(23)24)7-4-9-17-15)16(22)25-11-12-5-2-1-3-6-12/h1-7,9H,8,10-11H2,(H,20,21). The average Bonchev–Trinajstić information content (AvgIpc) is 2.61. The molecule has 0 aliphatic heterocycles. The highest BCUT2D eigenvalue weighted by Gasteiger charge is 2.27. The van der Waals surface area contributed by atoms with Crippen LogP contribution >= 0.6 is 0 Å². The Bertz CT molecular complexity index is 765. The maximum Gasteiger partial charge on any atom is 0.416 e. The van der Waals surface area contributed by atoms with Gasteiger partial charge in [0.1, 0.15) is 6.61 Å². The molecule has 0 unspecified atom stereocenters. The molecule has 0 bridgehead atoms. The Morgan fingerprint density at radius 3 is 2.56 bits per heavy atom. The number of nitro groups is 1. The van der Waals surface area contributed by atoms with E-state index in [0.717, 1.165) is 10.5 Å². The zero-order valence-electron chi connectivity index (χ0n) is 13.1. The Kier molecular flexibility index (Phi) is 5.99. The fraction of sp³-hybridized carbons (Fsp3) is 0.188. The molecule has 0 aliphatic rings. The monoisotopic (exact) mass is 345 g/mol. The van der Waals surface area contributed by atoms with E-state index >= 15 is 0 Å². The van der Waals surface area contributed by atoms with E-state index in [4.69, 9.17) is 9.84 Å². The maximum atomic E-state index is 12.4. The molecule has 1 aromatic heterocycles.